The molecule has 2 aromatic carbocycles. The van der Waals surface area contributed by atoms with Crippen LogP contribution in [0.3, 0.4) is 0 Å². The standard InChI is InChI=1S/C26H26N3O/c1-19-11-14-28-24(17-19)25-18-20(12-15-29(25)16-13-27)7-8-21-9-10-26(30-2)23-6-4-3-5-22(21)23/h3-12,14-15,17-18H,13,16,27H2,1-2H3/q+1/b8-7+. The first-order valence-corrected chi connectivity index (χ1v) is 10.1. The van der Waals surface area contributed by atoms with E-state index in [-0.39, 0.29) is 0 Å². The van der Waals surface area contributed by atoms with Crippen molar-refractivity contribution in [1.82, 2.24) is 4.98 Å². The van der Waals surface area contributed by atoms with Gasteiger partial charge in [0.15, 0.2) is 12.7 Å². The summed E-state index contributed by atoms with van der Waals surface area (Å²) in [5.74, 6) is 0.887. The molecule has 30 heavy (non-hydrogen) atoms. The molecule has 0 aliphatic carbocycles. The Morgan fingerprint density at radius 1 is 1.00 bits per heavy atom. The topological polar surface area (TPSA) is 52.0 Å². The molecule has 0 amide bonds. The maximum atomic E-state index is 5.82. The molecule has 0 aliphatic rings. The van der Waals surface area contributed by atoms with Gasteiger partial charge in [0.2, 0.25) is 5.69 Å². The number of hydrogen-bond donors (Lipinski definition) is 1. The van der Waals surface area contributed by atoms with E-state index in [1.807, 2.05) is 24.4 Å². The second-order valence-electron chi connectivity index (χ2n) is 7.28. The molecule has 0 unspecified atom stereocenters. The van der Waals surface area contributed by atoms with Gasteiger partial charge in [0.1, 0.15) is 11.4 Å². The van der Waals surface area contributed by atoms with Crippen LogP contribution >= 0.6 is 0 Å². The van der Waals surface area contributed by atoms with Gasteiger partial charge in [-0.3, -0.25) is 0 Å². The molecule has 4 aromatic rings. The Morgan fingerprint density at radius 2 is 1.83 bits per heavy atom. The lowest BCUT2D eigenvalue weighted by atomic mass is 10.0. The second kappa shape index (κ2) is 8.89. The van der Waals surface area contributed by atoms with Crippen molar-refractivity contribution in [3.8, 4) is 17.1 Å². The van der Waals surface area contributed by atoms with E-state index >= 15 is 0 Å². The molecule has 2 N–H and O–H groups in total. The van der Waals surface area contributed by atoms with E-state index in [9.17, 15) is 0 Å². The van der Waals surface area contributed by atoms with E-state index in [1.165, 1.54) is 10.9 Å². The average Bonchev–Trinajstić information content (AvgIpc) is 2.78. The SMILES string of the molecule is COc1ccc(/C=C/c2cc[n+](CCN)c(-c3cc(C)ccn3)c2)c2ccccc12. The molecule has 0 atom stereocenters. The highest BCUT2D eigenvalue weighted by Gasteiger charge is 2.14. The van der Waals surface area contributed by atoms with E-state index in [2.05, 4.69) is 77.3 Å². The molecule has 0 fully saturated rings. The molecule has 0 radical (unpaired) electrons. The number of pyridine rings is 2. The third-order valence-electron chi connectivity index (χ3n) is 5.20. The number of nitrogens with two attached hydrogens (primary N) is 1. The Balaban J connectivity index is 1.75. The molecule has 0 saturated carbocycles. The van der Waals surface area contributed by atoms with Gasteiger partial charge in [0.25, 0.3) is 0 Å². The third-order valence-corrected chi connectivity index (χ3v) is 5.20. The molecule has 150 valence electrons. The molecular weight excluding hydrogens is 370 g/mol. The first kappa shape index (κ1) is 19.8. The van der Waals surface area contributed by atoms with Gasteiger partial charge in [-0.15, -0.1) is 0 Å². The largest absolute Gasteiger partial charge is 0.496 e. The Kier molecular flexibility index (Phi) is 5.87. The maximum absolute atomic E-state index is 5.82. The minimum Gasteiger partial charge on any atom is -0.496 e. The van der Waals surface area contributed by atoms with Crippen LogP contribution in [0.5, 0.6) is 5.75 Å². The number of rotatable bonds is 6. The zero-order chi connectivity index (χ0) is 20.9. The number of hydrogen-bond acceptors (Lipinski definition) is 3. The van der Waals surface area contributed by atoms with Crippen molar-refractivity contribution in [3.63, 3.8) is 0 Å². The van der Waals surface area contributed by atoms with Gasteiger partial charge in [0, 0.05) is 23.7 Å². The lowest BCUT2D eigenvalue weighted by molar-refractivity contribution is -0.683. The van der Waals surface area contributed by atoms with Crippen LogP contribution in [0.2, 0.25) is 0 Å². The number of nitrogens with zero attached hydrogens (tertiary/aromatic N) is 2. The zero-order valence-electron chi connectivity index (χ0n) is 17.4. The lowest BCUT2D eigenvalue weighted by Gasteiger charge is -2.08. The van der Waals surface area contributed by atoms with Crippen LogP contribution in [0, 0.1) is 6.92 Å². The number of benzene rings is 2. The van der Waals surface area contributed by atoms with Gasteiger partial charge in [0.05, 0.1) is 13.7 Å². The van der Waals surface area contributed by atoms with Crippen molar-refractivity contribution in [1.29, 1.82) is 0 Å². The van der Waals surface area contributed by atoms with E-state index in [0.29, 0.717) is 6.54 Å². The smallest absolute Gasteiger partial charge is 0.231 e. The molecule has 0 aliphatic heterocycles. The Bertz CT molecular complexity index is 1210. The average molecular weight is 397 g/mol. The van der Waals surface area contributed by atoms with Crippen LogP contribution in [0.1, 0.15) is 16.7 Å². The van der Waals surface area contributed by atoms with Crippen molar-refractivity contribution >= 4 is 22.9 Å². The maximum Gasteiger partial charge on any atom is 0.231 e. The van der Waals surface area contributed by atoms with E-state index in [4.69, 9.17) is 10.5 Å². The molecule has 0 spiro atoms. The number of aromatic nitrogens is 2. The summed E-state index contributed by atoms with van der Waals surface area (Å²) in [6.07, 6.45) is 8.22. The van der Waals surface area contributed by atoms with Gasteiger partial charge in [-0.05, 0) is 47.2 Å². The third kappa shape index (κ3) is 4.09. The van der Waals surface area contributed by atoms with Crippen LogP contribution in [-0.2, 0) is 6.54 Å². The highest BCUT2D eigenvalue weighted by atomic mass is 16.5. The van der Waals surface area contributed by atoms with Crippen LogP contribution in [0.25, 0.3) is 34.3 Å². The van der Waals surface area contributed by atoms with Gasteiger partial charge >= 0.3 is 0 Å². The first-order chi connectivity index (χ1) is 14.7. The Morgan fingerprint density at radius 3 is 2.60 bits per heavy atom. The molecular formula is C26H26N3O+. The van der Waals surface area contributed by atoms with Crippen LogP contribution < -0.4 is 15.0 Å². The summed E-state index contributed by atoms with van der Waals surface area (Å²) >= 11 is 0. The summed E-state index contributed by atoms with van der Waals surface area (Å²) in [5, 5.41) is 2.28. The molecule has 4 nitrogen and oxygen atoms in total. The van der Waals surface area contributed by atoms with Crippen molar-refractivity contribution in [2.24, 2.45) is 5.73 Å². The minimum atomic E-state index is 0.580. The summed E-state index contributed by atoms with van der Waals surface area (Å²) in [4.78, 5) is 4.57. The molecule has 2 heterocycles. The van der Waals surface area contributed by atoms with Crippen LogP contribution in [-0.4, -0.2) is 18.6 Å². The summed E-state index contributed by atoms with van der Waals surface area (Å²) < 4.78 is 7.67. The highest BCUT2D eigenvalue weighted by molar-refractivity contribution is 5.96. The summed E-state index contributed by atoms with van der Waals surface area (Å²) in [7, 11) is 1.71. The predicted molar refractivity (Wildman–Crippen MR) is 123 cm³/mol. The predicted octanol–water partition coefficient (Wildman–Crippen LogP) is 4.64. The summed E-state index contributed by atoms with van der Waals surface area (Å²) in [6.45, 7) is 3.41. The van der Waals surface area contributed by atoms with Crippen molar-refractivity contribution in [2.75, 3.05) is 13.7 Å². The first-order valence-electron chi connectivity index (χ1n) is 10.1. The zero-order valence-corrected chi connectivity index (χ0v) is 17.4. The fourth-order valence-electron chi connectivity index (χ4n) is 3.68. The lowest BCUT2D eigenvalue weighted by Crippen LogP contribution is -2.39. The molecule has 4 heteroatoms. The second-order valence-corrected chi connectivity index (χ2v) is 7.28. The van der Waals surface area contributed by atoms with Crippen molar-refractivity contribution < 1.29 is 9.30 Å². The monoisotopic (exact) mass is 396 g/mol. The molecule has 4 rings (SSSR count). The van der Waals surface area contributed by atoms with Gasteiger partial charge in [-0.1, -0.05) is 42.5 Å². The van der Waals surface area contributed by atoms with Gasteiger partial charge in [-0.25, -0.2) is 4.98 Å². The van der Waals surface area contributed by atoms with Crippen LogP contribution in [0.4, 0.5) is 0 Å². The molecule has 0 saturated heterocycles. The Hall–Kier alpha value is -3.50. The van der Waals surface area contributed by atoms with Crippen molar-refractivity contribution in [3.05, 3.63) is 89.7 Å². The van der Waals surface area contributed by atoms with E-state index in [1.54, 1.807) is 7.11 Å². The fourth-order valence-corrected chi connectivity index (χ4v) is 3.68. The van der Waals surface area contributed by atoms with Crippen molar-refractivity contribution in [2.45, 2.75) is 13.5 Å². The minimum absolute atomic E-state index is 0.580. The molecule has 0 bridgehead atoms. The quantitative estimate of drug-likeness (QED) is 0.483. The van der Waals surface area contributed by atoms with Crippen LogP contribution in [0.15, 0.2) is 73.1 Å². The van der Waals surface area contributed by atoms with E-state index < -0.39 is 0 Å². The normalized spacial score (nSPS) is 11.3. The Labute approximate surface area is 177 Å². The number of ether oxygens (including phenoxy) is 1. The van der Waals surface area contributed by atoms with E-state index in [0.717, 1.165) is 40.2 Å². The number of aryl methyl sites for hydroxylation is 1. The number of methoxy groups -OCH3 is 1. The summed E-state index contributed by atoms with van der Waals surface area (Å²) in [5.41, 5.74) is 11.3. The molecule has 2 aromatic heterocycles. The summed E-state index contributed by atoms with van der Waals surface area (Å²) in [6, 6.07) is 20.8. The van der Waals surface area contributed by atoms with Gasteiger partial charge in [-0.2, -0.15) is 4.57 Å². The highest BCUT2D eigenvalue weighted by Crippen LogP contribution is 2.29. The fraction of sp³-hybridized carbons (Fsp3) is 0.154. The number of fused-ring (bicyclic) bond motifs is 1. The van der Waals surface area contributed by atoms with Gasteiger partial charge < -0.3 is 10.5 Å².